The normalized spacial score (nSPS) is 10.3. The van der Waals surface area contributed by atoms with Crippen LogP contribution in [0, 0.1) is 11.3 Å². The Kier molecular flexibility index (Phi) is 2.98. The summed E-state index contributed by atoms with van der Waals surface area (Å²) in [6, 6.07) is 15.9. The lowest BCUT2D eigenvalue weighted by molar-refractivity contribution is 1.24. The van der Waals surface area contributed by atoms with Crippen molar-refractivity contribution in [1.29, 1.82) is 5.26 Å². The summed E-state index contributed by atoms with van der Waals surface area (Å²) in [5.41, 5.74) is 4.07. The molecule has 0 atom stereocenters. The fourth-order valence-electron chi connectivity index (χ4n) is 1.89. The zero-order chi connectivity index (χ0) is 13.2. The summed E-state index contributed by atoms with van der Waals surface area (Å²) < 4.78 is 1.05. The minimum atomic E-state index is 0.337. The lowest BCUT2D eigenvalue weighted by Crippen LogP contribution is -1.88. The van der Waals surface area contributed by atoms with Gasteiger partial charge in [0.05, 0.1) is 17.2 Å². The van der Waals surface area contributed by atoms with Gasteiger partial charge >= 0.3 is 0 Å². The third-order valence-corrected chi connectivity index (χ3v) is 3.36. The van der Waals surface area contributed by atoms with Gasteiger partial charge in [0.1, 0.15) is 6.07 Å². The molecule has 3 nitrogen and oxygen atoms in total. The van der Waals surface area contributed by atoms with Crippen molar-refractivity contribution >= 4 is 27.0 Å². The van der Waals surface area contributed by atoms with Crippen molar-refractivity contribution in [2.75, 3.05) is 0 Å². The van der Waals surface area contributed by atoms with Gasteiger partial charge in [0.25, 0.3) is 0 Å². The van der Waals surface area contributed by atoms with Crippen LogP contribution in [0.15, 0.2) is 53.1 Å². The van der Waals surface area contributed by atoms with Crippen molar-refractivity contribution in [1.82, 2.24) is 9.97 Å². The van der Waals surface area contributed by atoms with E-state index in [1.165, 1.54) is 6.20 Å². The van der Waals surface area contributed by atoms with Gasteiger partial charge in [-0.25, -0.2) is 4.98 Å². The molecule has 0 radical (unpaired) electrons. The lowest BCUT2D eigenvalue weighted by atomic mass is 10.1. The Bertz CT molecular complexity index is 789. The maximum absolute atomic E-state index is 8.80. The minimum absolute atomic E-state index is 0.337. The van der Waals surface area contributed by atoms with Gasteiger partial charge < -0.3 is 0 Å². The summed E-state index contributed by atoms with van der Waals surface area (Å²) in [7, 11) is 0. The molecule has 0 saturated heterocycles. The molecule has 0 aliphatic carbocycles. The molecule has 0 bridgehead atoms. The number of aromatic nitrogens is 2. The zero-order valence-electron chi connectivity index (χ0n) is 9.84. The molecule has 0 saturated carbocycles. The van der Waals surface area contributed by atoms with E-state index in [-0.39, 0.29) is 0 Å². The largest absolute Gasteiger partial charge is 0.252 e. The lowest BCUT2D eigenvalue weighted by Gasteiger charge is -2.03. The van der Waals surface area contributed by atoms with Crippen LogP contribution in [0.5, 0.6) is 0 Å². The fraction of sp³-hybridized carbons (Fsp3) is 0. The van der Waals surface area contributed by atoms with Crippen molar-refractivity contribution in [2.24, 2.45) is 0 Å². The third-order valence-electron chi connectivity index (χ3n) is 2.83. The predicted octanol–water partition coefficient (Wildman–Crippen LogP) is 3.93. The molecule has 0 aliphatic rings. The minimum Gasteiger partial charge on any atom is -0.252 e. The van der Waals surface area contributed by atoms with Gasteiger partial charge in [-0.05, 0) is 35.4 Å². The van der Waals surface area contributed by atoms with E-state index in [1.807, 2.05) is 48.5 Å². The topological polar surface area (TPSA) is 49.6 Å². The molecule has 3 aromatic rings. The summed E-state index contributed by atoms with van der Waals surface area (Å²) in [4.78, 5) is 8.47. The van der Waals surface area contributed by atoms with E-state index in [1.54, 1.807) is 0 Å². The predicted molar refractivity (Wildman–Crippen MR) is 77.4 cm³/mol. The molecular formula is C15H8BrN3. The van der Waals surface area contributed by atoms with Crippen molar-refractivity contribution in [3.63, 3.8) is 0 Å². The van der Waals surface area contributed by atoms with E-state index in [0.717, 1.165) is 26.6 Å². The Morgan fingerprint density at radius 2 is 1.68 bits per heavy atom. The highest BCUT2D eigenvalue weighted by Gasteiger charge is 2.03. The van der Waals surface area contributed by atoms with Gasteiger partial charge in [0, 0.05) is 4.47 Å². The van der Waals surface area contributed by atoms with Crippen molar-refractivity contribution in [3.8, 4) is 17.2 Å². The Morgan fingerprint density at radius 3 is 2.42 bits per heavy atom. The Labute approximate surface area is 118 Å². The molecule has 1 aromatic heterocycles. The highest BCUT2D eigenvalue weighted by atomic mass is 79.9. The molecule has 0 N–H and O–H groups in total. The maximum Gasteiger partial charge on any atom is 0.159 e. The van der Waals surface area contributed by atoms with Gasteiger partial charge in [-0.2, -0.15) is 5.26 Å². The first-order valence-electron chi connectivity index (χ1n) is 5.69. The zero-order valence-corrected chi connectivity index (χ0v) is 11.4. The molecule has 90 valence electrons. The number of benzene rings is 2. The quantitative estimate of drug-likeness (QED) is 0.684. The van der Waals surface area contributed by atoms with Crippen LogP contribution in [-0.2, 0) is 0 Å². The van der Waals surface area contributed by atoms with Crippen LogP contribution in [0.1, 0.15) is 5.69 Å². The molecule has 3 rings (SSSR count). The smallest absolute Gasteiger partial charge is 0.159 e. The van der Waals surface area contributed by atoms with Crippen LogP contribution in [0.2, 0.25) is 0 Å². The average molecular weight is 310 g/mol. The summed E-state index contributed by atoms with van der Waals surface area (Å²) in [5.74, 6) is 0. The van der Waals surface area contributed by atoms with Crippen LogP contribution in [-0.4, -0.2) is 9.97 Å². The second kappa shape index (κ2) is 4.79. The Morgan fingerprint density at radius 1 is 0.947 bits per heavy atom. The summed E-state index contributed by atoms with van der Waals surface area (Å²) in [5, 5.41) is 8.80. The molecule has 0 aliphatic heterocycles. The van der Waals surface area contributed by atoms with Gasteiger partial charge in [-0.1, -0.05) is 34.1 Å². The van der Waals surface area contributed by atoms with E-state index in [0.29, 0.717) is 5.69 Å². The maximum atomic E-state index is 8.80. The molecule has 1 heterocycles. The Balaban J connectivity index is 2.12. The molecule has 4 heteroatoms. The summed E-state index contributed by atoms with van der Waals surface area (Å²) in [6.45, 7) is 0. The molecule has 0 spiro atoms. The highest BCUT2D eigenvalue weighted by molar-refractivity contribution is 9.10. The van der Waals surface area contributed by atoms with Gasteiger partial charge in [-0.3, -0.25) is 4.98 Å². The Hall–Kier alpha value is -2.25. The number of nitriles is 1. The van der Waals surface area contributed by atoms with Crippen molar-refractivity contribution < 1.29 is 0 Å². The molecule has 19 heavy (non-hydrogen) atoms. The number of fused-ring (bicyclic) bond motifs is 1. The number of rotatable bonds is 1. The molecule has 2 aromatic carbocycles. The summed E-state index contributed by atoms with van der Waals surface area (Å²) in [6.07, 6.45) is 1.49. The molecular weight excluding hydrogens is 302 g/mol. The van der Waals surface area contributed by atoms with Crippen LogP contribution in [0.25, 0.3) is 22.2 Å². The van der Waals surface area contributed by atoms with Gasteiger partial charge in [-0.15, -0.1) is 0 Å². The molecule has 0 unspecified atom stereocenters. The van der Waals surface area contributed by atoms with E-state index in [9.17, 15) is 0 Å². The van der Waals surface area contributed by atoms with E-state index >= 15 is 0 Å². The average Bonchev–Trinajstić information content (AvgIpc) is 2.47. The van der Waals surface area contributed by atoms with E-state index < -0.39 is 0 Å². The highest BCUT2D eigenvalue weighted by Crippen LogP contribution is 2.24. The van der Waals surface area contributed by atoms with Crippen LogP contribution in [0.3, 0.4) is 0 Å². The standard InChI is InChI=1S/C15H8BrN3/c16-12-4-1-10(2-5-12)11-3-6-14-15(7-11)18-9-13(8-17)19-14/h1-7,9H. The monoisotopic (exact) mass is 309 g/mol. The number of halogens is 1. The number of nitrogens with zero attached hydrogens (tertiary/aromatic N) is 3. The van der Waals surface area contributed by atoms with Gasteiger partial charge in [0.15, 0.2) is 5.69 Å². The SMILES string of the molecule is N#Cc1cnc2cc(-c3ccc(Br)cc3)ccc2n1. The fourth-order valence-corrected chi connectivity index (χ4v) is 2.15. The van der Waals surface area contributed by atoms with E-state index in [4.69, 9.17) is 5.26 Å². The third kappa shape index (κ3) is 2.33. The van der Waals surface area contributed by atoms with E-state index in [2.05, 4.69) is 25.9 Å². The molecule has 0 amide bonds. The second-order valence-electron chi connectivity index (χ2n) is 4.08. The number of hydrogen-bond donors (Lipinski definition) is 0. The van der Waals surface area contributed by atoms with Crippen LogP contribution < -0.4 is 0 Å². The van der Waals surface area contributed by atoms with Crippen LogP contribution >= 0.6 is 15.9 Å². The summed E-state index contributed by atoms with van der Waals surface area (Å²) >= 11 is 3.42. The van der Waals surface area contributed by atoms with Crippen molar-refractivity contribution in [2.45, 2.75) is 0 Å². The molecule has 0 fully saturated rings. The number of hydrogen-bond acceptors (Lipinski definition) is 3. The first-order valence-corrected chi connectivity index (χ1v) is 6.48. The first-order chi connectivity index (χ1) is 9.26. The van der Waals surface area contributed by atoms with Crippen molar-refractivity contribution in [3.05, 3.63) is 58.8 Å². The first kappa shape index (κ1) is 11.8. The second-order valence-corrected chi connectivity index (χ2v) is 4.99. The van der Waals surface area contributed by atoms with Crippen LogP contribution in [0.4, 0.5) is 0 Å². The van der Waals surface area contributed by atoms with Gasteiger partial charge in [0.2, 0.25) is 0 Å².